The first-order valence-corrected chi connectivity index (χ1v) is 6.27. The van der Waals surface area contributed by atoms with Gasteiger partial charge in [0.25, 0.3) is 0 Å². The van der Waals surface area contributed by atoms with E-state index in [1.165, 1.54) is 12.1 Å². The fourth-order valence-corrected chi connectivity index (χ4v) is 1.75. The third kappa shape index (κ3) is 5.77. The number of halogens is 1. The highest BCUT2D eigenvalue weighted by molar-refractivity contribution is 5.76. The van der Waals surface area contributed by atoms with Crippen molar-refractivity contribution in [1.29, 1.82) is 0 Å². The number of hydrogen-bond acceptors (Lipinski definition) is 2. The Balaban J connectivity index is 2.25. The molecular formula is C14H21FN2O. The molecule has 18 heavy (non-hydrogen) atoms. The zero-order valence-electron chi connectivity index (χ0n) is 11.0. The minimum atomic E-state index is -0.254. The van der Waals surface area contributed by atoms with Gasteiger partial charge in [0, 0.05) is 13.0 Å². The van der Waals surface area contributed by atoms with Crippen LogP contribution in [0.2, 0.25) is 0 Å². The molecule has 1 aromatic rings. The summed E-state index contributed by atoms with van der Waals surface area (Å²) in [6.07, 6.45) is 0.972. The second-order valence-electron chi connectivity index (χ2n) is 4.60. The number of amides is 1. The summed E-state index contributed by atoms with van der Waals surface area (Å²) in [5.41, 5.74) is 0.855. The predicted octanol–water partition coefficient (Wildman–Crippen LogP) is 1.73. The van der Waals surface area contributed by atoms with Crippen LogP contribution >= 0.6 is 0 Å². The molecule has 2 N–H and O–H groups in total. The third-order valence-corrected chi connectivity index (χ3v) is 2.73. The normalized spacial score (nSPS) is 12.2. The average molecular weight is 252 g/mol. The van der Waals surface area contributed by atoms with Crippen molar-refractivity contribution in [2.45, 2.75) is 19.8 Å². The number of nitrogens with one attached hydrogen (secondary N) is 2. The first kappa shape index (κ1) is 14.6. The fourth-order valence-electron chi connectivity index (χ4n) is 1.75. The Bertz CT molecular complexity index is 382. The Morgan fingerprint density at radius 1 is 1.39 bits per heavy atom. The minimum absolute atomic E-state index is 0.0159. The van der Waals surface area contributed by atoms with E-state index in [9.17, 15) is 9.18 Å². The van der Waals surface area contributed by atoms with Crippen LogP contribution in [-0.2, 0) is 11.2 Å². The van der Waals surface area contributed by atoms with Crippen molar-refractivity contribution in [3.05, 3.63) is 35.6 Å². The smallest absolute Gasteiger partial charge is 0.220 e. The summed E-state index contributed by atoms with van der Waals surface area (Å²) >= 11 is 0. The van der Waals surface area contributed by atoms with Crippen molar-refractivity contribution < 1.29 is 9.18 Å². The Hall–Kier alpha value is -1.42. The fraction of sp³-hybridized carbons (Fsp3) is 0.500. The van der Waals surface area contributed by atoms with Gasteiger partial charge in [0.2, 0.25) is 5.91 Å². The molecule has 0 aliphatic carbocycles. The van der Waals surface area contributed by atoms with Crippen LogP contribution in [0.3, 0.4) is 0 Å². The van der Waals surface area contributed by atoms with Gasteiger partial charge in [-0.3, -0.25) is 4.79 Å². The molecule has 1 atom stereocenters. The third-order valence-electron chi connectivity index (χ3n) is 2.73. The van der Waals surface area contributed by atoms with Crippen LogP contribution in [0, 0.1) is 11.7 Å². The quantitative estimate of drug-likeness (QED) is 0.776. The van der Waals surface area contributed by atoms with Gasteiger partial charge in [-0.25, -0.2) is 4.39 Å². The van der Waals surface area contributed by atoms with Crippen molar-refractivity contribution in [3.63, 3.8) is 0 Å². The van der Waals surface area contributed by atoms with Crippen LogP contribution in [0.4, 0.5) is 4.39 Å². The maximum atomic E-state index is 12.9. The van der Waals surface area contributed by atoms with E-state index in [1.807, 2.05) is 13.1 Å². The van der Waals surface area contributed by atoms with E-state index in [4.69, 9.17) is 0 Å². The van der Waals surface area contributed by atoms with Crippen LogP contribution < -0.4 is 10.6 Å². The van der Waals surface area contributed by atoms with Crippen molar-refractivity contribution in [3.8, 4) is 0 Å². The Morgan fingerprint density at radius 2 is 2.17 bits per heavy atom. The Kier molecular flexibility index (Phi) is 6.36. The van der Waals surface area contributed by atoms with E-state index in [1.54, 1.807) is 6.07 Å². The van der Waals surface area contributed by atoms with E-state index in [0.29, 0.717) is 25.3 Å². The summed E-state index contributed by atoms with van der Waals surface area (Å²) in [5.74, 6) is 0.172. The lowest BCUT2D eigenvalue weighted by atomic mass is 10.1. The molecule has 0 aromatic heterocycles. The summed E-state index contributed by atoms with van der Waals surface area (Å²) in [6, 6.07) is 6.37. The van der Waals surface area contributed by atoms with E-state index in [-0.39, 0.29) is 11.7 Å². The van der Waals surface area contributed by atoms with Gasteiger partial charge in [-0.15, -0.1) is 0 Å². The Labute approximate surface area is 108 Å². The second-order valence-corrected chi connectivity index (χ2v) is 4.60. The van der Waals surface area contributed by atoms with Gasteiger partial charge >= 0.3 is 0 Å². The van der Waals surface area contributed by atoms with Crippen molar-refractivity contribution in [1.82, 2.24) is 10.6 Å². The van der Waals surface area contributed by atoms with Crippen molar-refractivity contribution in [2.24, 2.45) is 5.92 Å². The van der Waals surface area contributed by atoms with Crippen LogP contribution in [0.5, 0.6) is 0 Å². The summed E-state index contributed by atoms with van der Waals surface area (Å²) in [5, 5.41) is 5.94. The molecule has 100 valence electrons. The monoisotopic (exact) mass is 252 g/mol. The summed E-state index contributed by atoms with van der Waals surface area (Å²) in [7, 11) is 1.89. The van der Waals surface area contributed by atoms with Crippen LogP contribution in [0.15, 0.2) is 24.3 Å². The molecule has 0 fully saturated rings. The molecule has 1 aromatic carbocycles. The van der Waals surface area contributed by atoms with Crippen LogP contribution in [-0.4, -0.2) is 26.0 Å². The largest absolute Gasteiger partial charge is 0.356 e. The van der Waals surface area contributed by atoms with Crippen LogP contribution in [0.25, 0.3) is 0 Å². The topological polar surface area (TPSA) is 41.1 Å². The van der Waals surface area contributed by atoms with E-state index >= 15 is 0 Å². The molecule has 4 heteroatoms. The number of carbonyl (C=O) groups is 1. The average Bonchev–Trinajstić information content (AvgIpc) is 2.34. The first-order valence-electron chi connectivity index (χ1n) is 6.27. The molecule has 0 aliphatic heterocycles. The molecule has 1 unspecified atom stereocenters. The standard InChI is InChI=1S/C14H21FN2O/c1-11(9-16-2)10-17-14(18)7-6-12-4-3-5-13(15)8-12/h3-5,8,11,16H,6-7,9-10H2,1-2H3,(H,17,18). The molecule has 0 saturated carbocycles. The molecule has 0 radical (unpaired) electrons. The van der Waals surface area contributed by atoms with Gasteiger partial charge in [0.15, 0.2) is 0 Å². The highest BCUT2D eigenvalue weighted by atomic mass is 19.1. The zero-order chi connectivity index (χ0) is 13.4. The molecule has 0 bridgehead atoms. The zero-order valence-corrected chi connectivity index (χ0v) is 11.0. The molecule has 1 amide bonds. The summed E-state index contributed by atoms with van der Waals surface area (Å²) in [6.45, 7) is 3.62. The number of aryl methyl sites for hydroxylation is 1. The van der Waals surface area contributed by atoms with E-state index in [0.717, 1.165) is 12.1 Å². The van der Waals surface area contributed by atoms with Crippen LogP contribution in [0.1, 0.15) is 18.9 Å². The maximum absolute atomic E-state index is 12.9. The van der Waals surface area contributed by atoms with Gasteiger partial charge in [-0.1, -0.05) is 19.1 Å². The Morgan fingerprint density at radius 3 is 2.83 bits per heavy atom. The molecule has 0 saturated heterocycles. The molecule has 0 aliphatic rings. The van der Waals surface area contributed by atoms with E-state index in [2.05, 4.69) is 17.6 Å². The van der Waals surface area contributed by atoms with Crippen molar-refractivity contribution in [2.75, 3.05) is 20.1 Å². The molecule has 0 heterocycles. The van der Waals surface area contributed by atoms with Gasteiger partial charge in [-0.05, 0) is 43.6 Å². The first-order chi connectivity index (χ1) is 8.61. The minimum Gasteiger partial charge on any atom is -0.356 e. The van der Waals surface area contributed by atoms with E-state index < -0.39 is 0 Å². The van der Waals surface area contributed by atoms with Gasteiger partial charge in [0.05, 0.1) is 0 Å². The highest BCUT2D eigenvalue weighted by Gasteiger charge is 2.05. The second kappa shape index (κ2) is 7.82. The lowest BCUT2D eigenvalue weighted by Gasteiger charge is -2.11. The summed E-state index contributed by atoms with van der Waals surface area (Å²) in [4.78, 5) is 11.6. The lowest BCUT2D eigenvalue weighted by molar-refractivity contribution is -0.121. The number of benzene rings is 1. The molecular weight excluding hydrogens is 231 g/mol. The molecule has 0 spiro atoms. The predicted molar refractivity (Wildman–Crippen MR) is 70.8 cm³/mol. The molecule has 1 rings (SSSR count). The number of hydrogen-bond donors (Lipinski definition) is 2. The summed E-state index contributed by atoms with van der Waals surface area (Å²) < 4.78 is 12.9. The lowest BCUT2D eigenvalue weighted by Crippen LogP contribution is -2.32. The number of carbonyl (C=O) groups excluding carboxylic acids is 1. The van der Waals surface area contributed by atoms with Gasteiger partial charge < -0.3 is 10.6 Å². The SMILES string of the molecule is CNCC(C)CNC(=O)CCc1cccc(F)c1. The van der Waals surface area contributed by atoms with Gasteiger partial charge in [0.1, 0.15) is 5.82 Å². The van der Waals surface area contributed by atoms with Crippen molar-refractivity contribution >= 4 is 5.91 Å². The highest BCUT2D eigenvalue weighted by Crippen LogP contribution is 2.06. The molecule has 3 nitrogen and oxygen atoms in total. The van der Waals surface area contributed by atoms with Gasteiger partial charge in [-0.2, -0.15) is 0 Å². The maximum Gasteiger partial charge on any atom is 0.220 e. The number of rotatable bonds is 7.